The Balaban J connectivity index is 2.03. The number of nitrogens with one attached hydrogen (secondary N) is 1. The van der Waals surface area contributed by atoms with Crippen LogP contribution in [0.5, 0.6) is 0 Å². The molecule has 0 aromatic heterocycles. The summed E-state index contributed by atoms with van der Waals surface area (Å²) in [5.74, 6) is -0.986. The molecule has 1 fully saturated rings. The molecule has 6 nitrogen and oxygen atoms in total. The first-order valence-electron chi connectivity index (χ1n) is 8.84. The lowest BCUT2D eigenvalue weighted by atomic mass is 10.1. The first-order chi connectivity index (χ1) is 12.0. The number of carbonyl (C=O) groups excluding carboxylic acids is 3. The maximum Gasteiger partial charge on any atom is 0.308 e. The molecule has 25 heavy (non-hydrogen) atoms. The highest BCUT2D eigenvalue weighted by Crippen LogP contribution is 2.16. The molecule has 1 aliphatic heterocycles. The molecule has 136 valence electrons. The van der Waals surface area contributed by atoms with E-state index in [2.05, 4.69) is 12.2 Å². The van der Waals surface area contributed by atoms with Crippen molar-refractivity contribution in [2.45, 2.75) is 45.6 Å². The minimum Gasteiger partial charge on any atom is -0.466 e. The zero-order valence-electron chi connectivity index (χ0n) is 14.9. The molecule has 1 aliphatic rings. The van der Waals surface area contributed by atoms with Gasteiger partial charge in [-0.15, -0.1) is 0 Å². The zero-order valence-corrected chi connectivity index (χ0v) is 14.9. The number of amides is 2. The number of nitrogens with zero attached hydrogens (tertiary/aromatic N) is 1. The Labute approximate surface area is 148 Å². The van der Waals surface area contributed by atoms with Crippen molar-refractivity contribution < 1.29 is 19.1 Å². The van der Waals surface area contributed by atoms with Gasteiger partial charge in [0.1, 0.15) is 6.04 Å². The number of ether oxygens (including phenoxy) is 1. The Bertz CT molecular complexity index is 630. The van der Waals surface area contributed by atoms with Crippen LogP contribution < -0.4 is 5.32 Å². The fourth-order valence-corrected chi connectivity index (χ4v) is 2.86. The van der Waals surface area contributed by atoms with Crippen LogP contribution in [-0.4, -0.2) is 48.4 Å². The normalized spacial score (nSPS) is 17.1. The van der Waals surface area contributed by atoms with E-state index < -0.39 is 12.0 Å². The third kappa shape index (κ3) is 5.31. The molecule has 0 spiro atoms. The van der Waals surface area contributed by atoms with Crippen molar-refractivity contribution in [3.63, 3.8) is 0 Å². The molecular weight excluding hydrogens is 320 g/mol. The number of esters is 1. The summed E-state index contributed by atoms with van der Waals surface area (Å²) in [6.07, 6.45) is 2.73. The maximum atomic E-state index is 12.8. The molecule has 0 radical (unpaired) electrons. The van der Waals surface area contributed by atoms with E-state index in [1.807, 2.05) is 19.1 Å². The minimum absolute atomic E-state index is 0.116. The molecule has 0 bridgehead atoms. The number of aryl methyl sites for hydroxylation is 1. The first-order valence-corrected chi connectivity index (χ1v) is 8.84. The van der Waals surface area contributed by atoms with E-state index in [0.717, 1.165) is 24.8 Å². The van der Waals surface area contributed by atoms with Gasteiger partial charge in [0.2, 0.25) is 5.91 Å². The van der Waals surface area contributed by atoms with Crippen molar-refractivity contribution in [3.8, 4) is 0 Å². The van der Waals surface area contributed by atoms with E-state index >= 15 is 0 Å². The quantitative estimate of drug-likeness (QED) is 0.606. The molecule has 1 atom stereocenters. The molecule has 2 amide bonds. The van der Waals surface area contributed by atoms with Crippen LogP contribution in [0.3, 0.4) is 0 Å². The van der Waals surface area contributed by atoms with Crippen LogP contribution in [0.1, 0.15) is 48.5 Å². The van der Waals surface area contributed by atoms with E-state index in [1.165, 1.54) is 4.90 Å². The summed E-state index contributed by atoms with van der Waals surface area (Å²) in [5, 5.41) is 2.72. The molecule has 1 saturated heterocycles. The molecule has 1 aromatic rings. The third-order valence-corrected chi connectivity index (χ3v) is 4.23. The smallest absolute Gasteiger partial charge is 0.308 e. The summed E-state index contributed by atoms with van der Waals surface area (Å²) in [6, 6.07) is 6.41. The van der Waals surface area contributed by atoms with E-state index in [9.17, 15) is 14.4 Å². The summed E-state index contributed by atoms with van der Waals surface area (Å²) >= 11 is 0. The van der Waals surface area contributed by atoms with Crippen molar-refractivity contribution in [1.82, 2.24) is 10.2 Å². The number of rotatable bonds is 7. The van der Waals surface area contributed by atoms with Crippen molar-refractivity contribution in [1.29, 1.82) is 0 Å². The Morgan fingerprint density at radius 1 is 1.32 bits per heavy atom. The van der Waals surface area contributed by atoms with Crippen molar-refractivity contribution in [2.75, 3.05) is 19.7 Å². The summed E-state index contributed by atoms with van der Waals surface area (Å²) in [7, 11) is 0. The van der Waals surface area contributed by atoms with Gasteiger partial charge in [-0.2, -0.15) is 0 Å². The average Bonchev–Trinajstić information content (AvgIpc) is 2.60. The topological polar surface area (TPSA) is 75.7 Å². The van der Waals surface area contributed by atoms with Crippen LogP contribution in [0.4, 0.5) is 0 Å². The van der Waals surface area contributed by atoms with Crippen LogP contribution in [0.15, 0.2) is 24.3 Å². The van der Waals surface area contributed by atoms with Gasteiger partial charge in [-0.1, -0.05) is 37.5 Å². The van der Waals surface area contributed by atoms with Gasteiger partial charge in [0, 0.05) is 18.7 Å². The average molecular weight is 346 g/mol. The van der Waals surface area contributed by atoms with Gasteiger partial charge in [0.15, 0.2) is 0 Å². The second kappa shape index (κ2) is 9.20. The third-order valence-electron chi connectivity index (χ3n) is 4.23. The molecule has 1 aromatic carbocycles. The van der Waals surface area contributed by atoms with Crippen molar-refractivity contribution in [3.05, 3.63) is 35.4 Å². The van der Waals surface area contributed by atoms with Gasteiger partial charge < -0.3 is 15.0 Å². The summed E-state index contributed by atoms with van der Waals surface area (Å²) in [4.78, 5) is 38.5. The molecule has 1 heterocycles. The molecule has 0 saturated carbocycles. The predicted octanol–water partition coefficient (Wildman–Crippen LogP) is 2.06. The fraction of sp³-hybridized carbons (Fsp3) is 0.526. The lowest BCUT2D eigenvalue weighted by Crippen LogP contribution is -2.57. The largest absolute Gasteiger partial charge is 0.466 e. The number of piperazine rings is 1. The number of unbranched alkanes of at least 4 members (excludes halogenated alkanes) is 2. The van der Waals surface area contributed by atoms with Gasteiger partial charge in [-0.05, 0) is 25.5 Å². The zero-order chi connectivity index (χ0) is 18.2. The first kappa shape index (κ1) is 19.0. The van der Waals surface area contributed by atoms with E-state index in [-0.39, 0.29) is 18.2 Å². The van der Waals surface area contributed by atoms with Gasteiger partial charge in [-0.3, -0.25) is 14.4 Å². The number of hydrogen-bond donors (Lipinski definition) is 1. The van der Waals surface area contributed by atoms with E-state index in [4.69, 9.17) is 4.74 Å². The molecule has 2 rings (SSSR count). The second-order valence-corrected chi connectivity index (χ2v) is 6.31. The molecule has 6 heteroatoms. The standard InChI is InChI=1S/C19H26N2O4/c1-3-4-5-11-25-17(22)13-16-18(23)20-9-10-21(16)19(24)15-8-6-7-14(2)12-15/h6-8,12,16H,3-5,9-11,13H2,1-2H3,(H,20,23). The SMILES string of the molecule is CCCCCOC(=O)CC1C(=O)NCCN1C(=O)c1cccc(C)c1. The predicted molar refractivity (Wildman–Crippen MR) is 94.1 cm³/mol. The lowest BCUT2D eigenvalue weighted by Gasteiger charge is -2.34. The Morgan fingerprint density at radius 3 is 2.84 bits per heavy atom. The van der Waals surface area contributed by atoms with Gasteiger partial charge in [0.25, 0.3) is 5.91 Å². The van der Waals surface area contributed by atoms with Crippen molar-refractivity contribution >= 4 is 17.8 Å². The highest BCUT2D eigenvalue weighted by Gasteiger charge is 2.35. The van der Waals surface area contributed by atoms with Gasteiger partial charge in [0.05, 0.1) is 13.0 Å². The van der Waals surface area contributed by atoms with E-state index in [0.29, 0.717) is 25.3 Å². The highest BCUT2D eigenvalue weighted by molar-refractivity contribution is 5.99. The van der Waals surface area contributed by atoms with Crippen LogP contribution in [-0.2, 0) is 14.3 Å². The van der Waals surface area contributed by atoms with Crippen LogP contribution in [0, 0.1) is 6.92 Å². The molecule has 0 aliphatic carbocycles. The number of benzene rings is 1. The second-order valence-electron chi connectivity index (χ2n) is 6.31. The monoisotopic (exact) mass is 346 g/mol. The Kier molecular flexibility index (Phi) is 6.98. The van der Waals surface area contributed by atoms with Crippen LogP contribution >= 0.6 is 0 Å². The summed E-state index contributed by atoms with van der Waals surface area (Å²) in [5.41, 5.74) is 1.50. The lowest BCUT2D eigenvalue weighted by molar-refractivity contribution is -0.147. The van der Waals surface area contributed by atoms with E-state index in [1.54, 1.807) is 12.1 Å². The van der Waals surface area contributed by atoms with Crippen molar-refractivity contribution in [2.24, 2.45) is 0 Å². The number of hydrogen-bond acceptors (Lipinski definition) is 4. The molecule has 1 N–H and O–H groups in total. The maximum absolute atomic E-state index is 12.8. The van der Waals surface area contributed by atoms with Gasteiger partial charge in [-0.25, -0.2) is 0 Å². The van der Waals surface area contributed by atoms with Gasteiger partial charge >= 0.3 is 5.97 Å². The minimum atomic E-state index is -0.819. The highest BCUT2D eigenvalue weighted by atomic mass is 16.5. The number of carbonyl (C=O) groups is 3. The van der Waals surface area contributed by atoms with Crippen LogP contribution in [0.2, 0.25) is 0 Å². The Morgan fingerprint density at radius 2 is 2.12 bits per heavy atom. The fourth-order valence-electron chi connectivity index (χ4n) is 2.86. The summed E-state index contributed by atoms with van der Waals surface area (Å²) < 4.78 is 5.19. The molecule has 1 unspecified atom stereocenters. The van der Waals surface area contributed by atoms with Crippen LogP contribution in [0.25, 0.3) is 0 Å². The molecular formula is C19H26N2O4. The Hall–Kier alpha value is -2.37. The summed E-state index contributed by atoms with van der Waals surface area (Å²) in [6.45, 7) is 5.10.